The number of alkyl halides is 3. The van der Waals surface area contributed by atoms with Gasteiger partial charge < -0.3 is 19.5 Å². The SMILES string of the molecule is COCOc1cc(C(F)(F)F)cc(B(O)O)c1F. The Morgan fingerprint density at radius 2 is 1.89 bits per heavy atom. The van der Waals surface area contributed by atoms with Gasteiger partial charge in [0.25, 0.3) is 0 Å². The third kappa shape index (κ3) is 3.34. The zero-order chi connectivity index (χ0) is 13.9. The van der Waals surface area contributed by atoms with Crippen molar-refractivity contribution in [3.8, 4) is 5.75 Å². The van der Waals surface area contributed by atoms with E-state index in [0.29, 0.717) is 12.1 Å². The molecule has 0 unspecified atom stereocenters. The van der Waals surface area contributed by atoms with E-state index in [1.807, 2.05) is 0 Å². The number of halogens is 4. The maximum atomic E-state index is 13.5. The minimum atomic E-state index is -4.76. The monoisotopic (exact) mass is 268 g/mol. The molecule has 9 heteroatoms. The summed E-state index contributed by atoms with van der Waals surface area (Å²) >= 11 is 0. The van der Waals surface area contributed by atoms with E-state index in [9.17, 15) is 17.6 Å². The Kier molecular flexibility index (Phi) is 4.55. The molecule has 2 N–H and O–H groups in total. The van der Waals surface area contributed by atoms with E-state index in [0.717, 1.165) is 0 Å². The normalized spacial score (nSPS) is 11.5. The first-order valence-electron chi connectivity index (χ1n) is 4.66. The molecule has 0 aliphatic heterocycles. The standard InChI is InChI=1S/C9H9BF4O4/c1-17-4-18-7-3-5(9(12,13)14)2-6(8(7)11)10(15)16/h2-3,15-16H,4H2,1H3. The zero-order valence-electron chi connectivity index (χ0n) is 9.16. The third-order valence-corrected chi connectivity index (χ3v) is 2.01. The molecule has 0 amide bonds. The van der Waals surface area contributed by atoms with Crippen molar-refractivity contribution in [2.75, 3.05) is 13.9 Å². The minimum absolute atomic E-state index is 0.305. The second-order valence-electron chi connectivity index (χ2n) is 3.30. The molecule has 0 heterocycles. The Labute approximate surface area is 99.9 Å². The number of rotatable bonds is 4. The molecule has 0 radical (unpaired) electrons. The van der Waals surface area contributed by atoms with Gasteiger partial charge >= 0.3 is 13.3 Å². The van der Waals surface area contributed by atoms with Crippen LogP contribution in [0.5, 0.6) is 5.75 Å². The molecule has 0 bridgehead atoms. The molecule has 0 saturated heterocycles. The van der Waals surface area contributed by atoms with Crippen molar-refractivity contribution >= 4 is 12.6 Å². The van der Waals surface area contributed by atoms with E-state index >= 15 is 0 Å². The van der Waals surface area contributed by atoms with Gasteiger partial charge in [0.15, 0.2) is 18.4 Å². The summed E-state index contributed by atoms with van der Waals surface area (Å²) in [5.74, 6) is -2.05. The van der Waals surface area contributed by atoms with E-state index in [1.165, 1.54) is 7.11 Å². The average Bonchev–Trinajstić information content (AvgIpc) is 2.25. The summed E-state index contributed by atoms with van der Waals surface area (Å²) in [5.41, 5.74) is -2.17. The van der Waals surface area contributed by atoms with Crippen molar-refractivity contribution in [3.05, 3.63) is 23.5 Å². The van der Waals surface area contributed by atoms with Crippen molar-refractivity contribution in [2.24, 2.45) is 0 Å². The molecule has 1 rings (SSSR count). The van der Waals surface area contributed by atoms with Gasteiger partial charge in [-0.3, -0.25) is 0 Å². The van der Waals surface area contributed by atoms with Gasteiger partial charge in [0.05, 0.1) is 5.56 Å². The molecule has 0 fully saturated rings. The Hall–Kier alpha value is -1.32. The lowest BCUT2D eigenvalue weighted by Gasteiger charge is -2.14. The van der Waals surface area contributed by atoms with Crippen LogP contribution in [-0.2, 0) is 10.9 Å². The van der Waals surface area contributed by atoms with Crippen molar-refractivity contribution < 1.29 is 37.1 Å². The molecule has 1 aromatic rings. The first-order chi connectivity index (χ1) is 8.27. The predicted molar refractivity (Wildman–Crippen MR) is 53.7 cm³/mol. The summed E-state index contributed by atoms with van der Waals surface area (Å²) in [7, 11) is -1.18. The molecule has 4 nitrogen and oxygen atoms in total. The van der Waals surface area contributed by atoms with E-state index < -0.39 is 42.7 Å². The lowest BCUT2D eigenvalue weighted by molar-refractivity contribution is -0.137. The van der Waals surface area contributed by atoms with E-state index in [-0.39, 0.29) is 0 Å². The summed E-state index contributed by atoms with van der Waals surface area (Å²) in [4.78, 5) is 0. The maximum Gasteiger partial charge on any atom is 0.491 e. The number of ether oxygens (including phenoxy) is 2. The molecule has 0 spiro atoms. The largest absolute Gasteiger partial charge is 0.491 e. The number of hydrogen-bond donors (Lipinski definition) is 2. The van der Waals surface area contributed by atoms with Crippen LogP contribution in [0, 0.1) is 5.82 Å². The van der Waals surface area contributed by atoms with Crippen LogP contribution in [-0.4, -0.2) is 31.1 Å². The lowest BCUT2D eigenvalue weighted by Crippen LogP contribution is -2.34. The van der Waals surface area contributed by atoms with Gasteiger partial charge in [-0.05, 0) is 12.1 Å². The van der Waals surface area contributed by atoms with Gasteiger partial charge in [-0.1, -0.05) is 0 Å². The first-order valence-corrected chi connectivity index (χ1v) is 4.66. The molecule has 0 saturated carbocycles. The van der Waals surface area contributed by atoms with Crippen LogP contribution < -0.4 is 10.2 Å². The molecule has 0 aliphatic rings. The summed E-state index contributed by atoms with van der Waals surface area (Å²) in [6, 6.07) is 0.722. The van der Waals surface area contributed by atoms with Crippen molar-refractivity contribution in [1.82, 2.24) is 0 Å². The highest BCUT2D eigenvalue weighted by atomic mass is 19.4. The topological polar surface area (TPSA) is 58.9 Å². The highest BCUT2D eigenvalue weighted by molar-refractivity contribution is 6.58. The fourth-order valence-electron chi connectivity index (χ4n) is 1.20. The van der Waals surface area contributed by atoms with Crippen LogP contribution in [0.4, 0.5) is 17.6 Å². The van der Waals surface area contributed by atoms with Crippen molar-refractivity contribution in [1.29, 1.82) is 0 Å². The Morgan fingerprint density at radius 1 is 1.28 bits per heavy atom. The Bertz CT molecular complexity index is 422. The highest BCUT2D eigenvalue weighted by Crippen LogP contribution is 2.32. The van der Waals surface area contributed by atoms with Gasteiger partial charge in [-0.2, -0.15) is 13.2 Å². The van der Waals surface area contributed by atoms with Gasteiger partial charge in [0.1, 0.15) is 0 Å². The van der Waals surface area contributed by atoms with Crippen molar-refractivity contribution in [3.63, 3.8) is 0 Å². The van der Waals surface area contributed by atoms with Crippen molar-refractivity contribution in [2.45, 2.75) is 6.18 Å². The van der Waals surface area contributed by atoms with Gasteiger partial charge in [0, 0.05) is 12.6 Å². The molecular weight excluding hydrogens is 259 g/mol. The van der Waals surface area contributed by atoms with Gasteiger partial charge in [-0.25, -0.2) is 4.39 Å². The molecular formula is C9H9BF4O4. The molecule has 0 aliphatic carbocycles. The molecule has 1 aromatic carbocycles. The predicted octanol–water partition coefficient (Wildman–Crippen LogP) is 0.507. The Morgan fingerprint density at radius 3 is 2.33 bits per heavy atom. The summed E-state index contributed by atoms with van der Waals surface area (Å²) < 4.78 is 60.0. The molecule has 18 heavy (non-hydrogen) atoms. The number of benzene rings is 1. The zero-order valence-corrected chi connectivity index (χ0v) is 9.16. The molecule has 100 valence electrons. The fraction of sp³-hybridized carbons (Fsp3) is 0.333. The number of methoxy groups -OCH3 is 1. The van der Waals surface area contributed by atoms with Gasteiger partial charge in [0.2, 0.25) is 0 Å². The van der Waals surface area contributed by atoms with E-state index in [1.54, 1.807) is 0 Å². The smallest absolute Gasteiger partial charge is 0.464 e. The van der Waals surface area contributed by atoms with Crippen LogP contribution in [0.3, 0.4) is 0 Å². The van der Waals surface area contributed by atoms with E-state index in [4.69, 9.17) is 10.0 Å². The maximum absolute atomic E-state index is 13.5. The second-order valence-corrected chi connectivity index (χ2v) is 3.30. The second kappa shape index (κ2) is 5.55. The first kappa shape index (κ1) is 14.7. The summed E-state index contributed by atoms with van der Waals surface area (Å²) in [6.45, 7) is -0.473. The molecule has 0 aromatic heterocycles. The molecule has 0 atom stereocenters. The van der Waals surface area contributed by atoms with Crippen LogP contribution in [0.15, 0.2) is 12.1 Å². The number of hydrogen-bond acceptors (Lipinski definition) is 4. The van der Waals surface area contributed by atoms with Crippen LogP contribution in [0.1, 0.15) is 5.56 Å². The fourth-order valence-corrected chi connectivity index (χ4v) is 1.20. The quantitative estimate of drug-likeness (QED) is 0.474. The van der Waals surface area contributed by atoms with E-state index in [2.05, 4.69) is 9.47 Å². The lowest BCUT2D eigenvalue weighted by atomic mass is 9.78. The van der Waals surface area contributed by atoms with Crippen LogP contribution in [0.25, 0.3) is 0 Å². The summed E-state index contributed by atoms with van der Waals surface area (Å²) in [5, 5.41) is 17.6. The minimum Gasteiger partial charge on any atom is -0.464 e. The third-order valence-electron chi connectivity index (χ3n) is 2.01. The highest BCUT2D eigenvalue weighted by Gasteiger charge is 2.34. The van der Waals surface area contributed by atoms with Crippen LogP contribution in [0.2, 0.25) is 0 Å². The summed E-state index contributed by atoms with van der Waals surface area (Å²) in [6.07, 6.45) is -4.76. The average molecular weight is 268 g/mol. The van der Waals surface area contributed by atoms with Gasteiger partial charge in [-0.15, -0.1) is 0 Å². The van der Waals surface area contributed by atoms with Crippen LogP contribution >= 0.6 is 0 Å². The Balaban J connectivity index is 3.28.